The van der Waals surface area contributed by atoms with E-state index in [0.717, 1.165) is 76.2 Å². The first-order valence-electron chi connectivity index (χ1n) is 24.1. The van der Waals surface area contributed by atoms with Crippen LogP contribution in [0.25, 0.3) is 0 Å². The summed E-state index contributed by atoms with van der Waals surface area (Å²) in [6, 6.07) is 0. The van der Waals surface area contributed by atoms with Crippen molar-refractivity contribution < 1.29 is 24.5 Å². The Morgan fingerprint density at radius 2 is 0.889 bits per heavy atom. The molecule has 0 saturated carbocycles. The lowest BCUT2D eigenvalue weighted by molar-refractivity contribution is -0.144. The summed E-state index contributed by atoms with van der Waals surface area (Å²) in [4.78, 5) is 25.2. The lowest BCUT2D eigenvalue weighted by atomic mass is 9.92. The topological polar surface area (TPSA) is 87.1 Å². The minimum absolute atomic E-state index is 0.000325. The van der Waals surface area contributed by atoms with Gasteiger partial charge >= 0.3 is 5.97 Å². The number of esters is 1. The van der Waals surface area contributed by atoms with Crippen LogP contribution in [0, 0.1) is 11.8 Å². The van der Waals surface area contributed by atoms with E-state index < -0.39 is 0 Å². The molecule has 0 radical (unpaired) electrons. The van der Waals surface area contributed by atoms with E-state index in [9.17, 15) is 9.59 Å². The molecule has 0 fully saturated rings. The number of hydrogen-bond donors (Lipinski definition) is 2. The van der Waals surface area contributed by atoms with Crippen molar-refractivity contribution in [3.8, 4) is 0 Å². The van der Waals surface area contributed by atoms with Gasteiger partial charge in [-0.05, 0) is 82.8 Å². The molecule has 0 amide bonds. The van der Waals surface area contributed by atoms with Crippen LogP contribution in [0.1, 0.15) is 246 Å². The molecule has 6 heteroatoms. The van der Waals surface area contributed by atoms with Crippen LogP contribution in [0.2, 0.25) is 0 Å². The summed E-state index contributed by atoms with van der Waals surface area (Å²) in [6.07, 6.45) is 41.7. The van der Waals surface area contributed by atoms with Gasteiger partial charge in [0.15, 0.2) is 0 Å². The molecule has 0 aliphatic rings. The number of hydrogen-bond acceptors (Lipinski definition) is 6. The smallest absolute Gasteiger partial charge is 0.305 e. The van der Waals surface area contributed by atoms with Crippen LogP contribution in [-0.2, 0) is 14.3 Å². The van der Waals surface area contributed by atoms with Gasteiger partial charge in [-0.2, -0.15) is 0 Å². The summed E-state index contributed by atoms with van der Waals surface area (Å²) >= 11 is 0. The van der Waals surface area contributed by atoms with Crippen molar-refractivity contribution in [1.82, 2.24) is 4.90 Å². The third-order valence-corrected chi connectivity index (χ3v) is 11.2. The van der Waals surface area contributed by atoms with E-state index in [1.165, 1.54) is 167 Å². The molecule has 0 rings (SSSR count). The fourth-order valence-electron chi connectivity index (χ4n) is 7.56. The second-order valence-corrected chi connectivity index (χ2v) is 16.5. The second-order valence-electron chi connectivity index (χ2n) is 16.5. The summed E-state index contributed by atoms with van der Waals surface area (Å²) in [5.74, 6) is 1.51. The second kappa shape index (κ2) is 48.2. The van der Waals surface area contributed by atoms with Gasteiger partial charge in [-0.1, -0.05) is 182 Å². The van der Waals surface area contributed by atoms with Gasteiger partial charge in [0.05, 0.1) is 6.61 Å². The fourth-order valence-corrected chi connectivity index (χ4v) is 7.56. The number of aldehydes is 1. The fraction of sp³-hybridized carbons (Fsp3) is 0.958. The van der Waals surface area contributed by atoms with Gasteiger partial charge < -0.3 is 24.6 Å². The molecule has 0 aliphatic heterocycles. The number of aliphatic hydroxyl groups excluding tert-OH is 2. The van der Waals surface area contributed by atoms with Gasteiger partial charge in [-0.25, -0.2) is 0 Å². The predicted octanol–water partition coefficient (Wildman–Crippen LogP) is 13.6. The van der Waals surface area contributed by atoms with E-state index in [1.807, 2.05) is 0 Å². The van der Waals surface area contributed by atoms with Crippen LogP contribution >= 0.6 is 0 Å². The quantitative estimate of drug-likeness (QED) is 0.0365. The molecule has 0 aliphatic carbocycles. The molecular formula is C48H97NO5. The van der Waals surface area contributed by atoms with Gasteiger partial charge in [-0.15, -0.1) is 0 Å². The van der Waals surface area contributed by atoms with Gasteiger partial charge in [-0.3, -0.25) is 4.79 Å². The lowest BCUT2D eigenvalue weighted by Crippen LogP contribution is -2.27. The van der Waals surface area contributed by atoms with Crippen molar-refractivity contribution in [1.29, 1.82) is 0 Å². The molecule has 0 atom stereocenters. The molecule has 0 aromatic carbocycles. The largest absolute Gasteiger partial charge is 0.466 e. The van der Waals surface area contributed by atoms with Crippen LogP contribution in [0.3, 0.4) is 0 Å². The first kappa shape index (κ1) is 55.1. The molecule has 6 nitrogen and oxygen atoms in total. The standard InChI is InChI=1S/C35H69NO4.C13H28O/c1-3-5-16-24-34(25-17-6-4-2)27-33-40-35(39)26-18-12-8-10-14-20-29-36(30-21-23-32-38)28-19-13-9-7-11-15-22-31-37;1-3-5-7-9-13(11-12-14)10-8-6-4-2/h31,34,38H,3-30,32-33H2,1-2H3;13-14H,3-12H2,1-2H3. The van der Waals surface area contributed by atoms with Gasteiger partial charge in [0, 0.05) is 26.1 Å². The maximum Gasteiger partial charge on any atom is 0.305 e. The lowest BCUT2D eigenvalue weighted by Gasteiger charge is -2.22. The molecule has 0 heterocycles. The van der Waals surface area contributed by atoms with Crippen molar-refractivity contribution in [2.24, 2.45) is 11.8 Å². The Morgan fingerprint density at radius 1 is 0.481 bits per heavy atom. The highest BCUT2D eigenvalue weighted by Crippen LogP contribution is 2.22. The molecule has 0 saturated heterocycles. The van der Waals surface area contributed by atoms with E-state index in [2.05, 4.69) is 32.6 Å². The van der Waals surface area contributed by atoms with Gasteiger partial charge in [0.1, 0.15) is 6.29 Å². The third kappa shape index (κ3) is 43.7. The SMILES string of the molecule is CCCCCC(CCCCC)CCOC(=O)CCCCCCCCN(CCCCO)CCCCCCCCC=O.CCCCCC(CCO)CCCCC. The van der Waals surface area contributed by atoms with Crippen LogP contribution in [0.4, 0.5) is 0 Å². The number of unbranched alkanes of at least 4 members (excludes halogenated alkanes) is 20. The molecule has 2 N–H and O–H groups in total. The Hall–Kier alpha value is -0.980. The van der Waals surface area contributed by atoms with Crippen LogP contribution in [0.5, 0.6) is 0 Å². The van der Waals surface area contributed by atoms with Gasteiger partial charge in [0.2, 0.25) is 0 Å². The van der Waals surface area contributed by atoms with Crippen LogP contribution < -0.4 is 0 Å². The number of carbonyl (C=O) groups excluding carboxylic acids is 2. The predicted molar refractivity (Wildman–Crippen MR) is 234 cm³/mol. The summed E-state index contributed by atoms with van der Waals surface area (Å²) < 4.78 is 5.59. The zero-order valence-electron chi connectivity index (χ0n) is 37.1. The maximum atomic E-state index is 12.2. The molecule has 0 aromatic heterocycles. The summed E-state index contributed by atoms with van der Waals surface area (Å²) in [5.41, 5.74) is 0. The maximum absolute atomic E-state index is 12.2. The third-order valence-electron chi connectivity index (χ3n) is 11.2. The molecule has 324 valence electrons. The molecule has 54 heavy (non-hydrogen) atoms. The minimum Gasteiger partial charge on any atom is -0.466 e. The monoisotopic (exact) mass is 768 g/mol. The average Bonchev–Trinajstić information content (AvgIpc) is 3.17. The first-order valence-corrected chi connectivity index (χ1v) is 24.1. The van der Waals surface area contributed by atoms with Crippen molar-refractivity contribution in [2.75, 3.05) is 39.5 Å². The number of rotatable bonds is 43. The highest BCUT2D eigenvalue weighted by molar-refractivity contribution is 5.69. The molecular weight excluding hydrogens is 671 g/mol. The Bertz CT molecular complexity index is 699. The Labute approximate surface area is 338 Å². The summed E-state index contributed by atoms with van der Waals surface area (Å²) in [6.45, 7) is 13.7. The van der Waals surface area contributed by atoms with E-state index >= 15 is 0 Å². The summed E-state index contributed by atoms with van der Waals surface area (Å²) in [5, 5.41) is 18.1. The highest BCUT2D eigenvalue weighted by atomic mass is 16.5. The zero-order valence-corrected chi connectivity index (χ0v) is 37.1. The molecule has 0 aromatic rings. The van der Waals surface area contributed by atoms with Gasteiger partial charge in [0.25, 0.3) is 0 Å². The van der Waals surface area contributed by atoms with Crippen molar-refractivity contribution in [3.05, 3.63) is 0 Å². The molecule has 0 spiro atoms. The Kier molecular flexibility index (Phi) is 49.2. The van der Waals surface area contributed by atoms with Crippen LogP contribution in [-0.4, -0.2) is 66.8 Å². The number of aliphatic hydroxyl groups is 2. The Morgan fingerprint density at radius 3 is 1.31 bits per heavy atom. The number of ether oxygens (including phenoxy) is 1. The first-order chi connectivity index (χ1) is 26.5. The van der Waals surface area contributed by atoms with Crippen LogP contribution in [0.15, 0.2) is 0 Å². The normalized spacial score (nSPS) is 11.4. The van der Waals surface area contributed by atoms with E-state index in [0.29, 0.717) is 32.7 Å². The molecule has 0 unspecified atom stereocenters. The average molecular weight is 768 g/mol. The Balaban J connectivity index is 0. The van der Waals surface area contributed by atoms with E-state index in [4.69, 9.17) is 14.9 Å². The van der Waals surface area contributed by atoms with E-state index in [1.54, 1.807) is 0 Å². The van der Waals surface area contributed by atoms with E-state index in [-0.39, 0.29) is 5.97 Å². The highest BCUT2D eigenvalue weighted by Gasteiger charge is 2.11. The molecule has 0 bridgehead atoms. The van der Waals surface area contributed by atoms with Crippen molar-refractivity contribution in [2.45, 2.75) is 246 Å². The zero-order chi connectivity index (χ0) is 40.0. The minimum atomic E-state index is 0.000325. The number of nitrogens with zero attached hydrogens (tertiary/aromatic N) is 1. The number of carbonyl (C=O) groups is 2. The van der Waals surface area contributed by atoms with Crippen molar-refractivity contribution >= 4 is 12.3 Å². The summed E-state index contributed by atoms with van der Waals surface area (Å²) in [7, 11) is 0. The van der Waals surface area contributed by atoms with Crippen molar-refractivity contribution in [3.63, 3.8) is 0 Å².